The van der Waals surface area contributed by atoms with E-state index in [1.165, 1.54) is 11.8 Å². The third-order valence-electron chi connectivity index (χ3n) is 3.00. The van der Waals surface area contributed by atoms with E-state index in [1.807, 2.05) is 6.26 Å². The van der Waals surface area contributed by atoms with Crippen LogP contribution in [0, 0.1) is 11.8 Å². The highest BCUT2D eigenvalue weighted by molar-refractivity contribution is 7.98. The number of ether oxygens (including phenoxy) is 1. The maximum absolute atomic E-state index is 12.5. The smallest absolute Gasteiger partial charge is 0.391 e. The lowest BCUT2D eigenvalue weighted by molar-refractivity contribution is -0.188. The number of carbonyl (C=O) groups excluding carboxylic acids is 1. The van der Waals surface area contributed by atoms with Crippen LogP contribution >= 0.6 is 11.8 Å². The fraction of sp³-hybridized carbons (Fsp3) is 0.909. The molecule has 2 atom stereocenters. The van der Waals surface area contributed by atoms with Crippen LogP contribution in [0.1, 0.15) is 25.7 Å². The third kappa shape index (κ3) is 4.77. The van der Waals surface area contributed by atoms with E-state index in [0.717, 1.165) is 0 Å². The van der Waals surface area contributed by atoms with Gasteiger partial charge in [-0.2, -0.15) is 24.9 Å². The van der Waals surface area contributed by atoms with Gasteiger partial charge in [0.2, 0.25) is 0 Å². The second-order valence-corrected chi connectivity index (χ2v) is 5.25. The highest BCUT2D eigenvalue weighted by Gasteiger charge is 2.43. The topological polar surface area (TPSA) is 26.3 Å². The van der Waals surface area contributed by atoms with E-state index in [0.29, 0.717) is 18.6 Å². The Morgan fingerprint density at radius 2 is 2.12 bits per heavy atom. The molecular formula is C11H17F3O2S. The van der Waals surface area contributed by atoms with Crippen LogP contribution in [0.4, 0.5) is 13.2 Å². The number of esters is 1. The highest BCUT2D eigenvalue weighted by atomic mass is 32.2. The lowest BCUT2D eigenvalue weighted by atomic mass is 9.81. The van der Waals surface area contributed by atoms with Crippen molar-refractivity contribution >= 4 is 17.7 Å². The normalized spacial score (nSPS) is 25.6. The van der Waals surface area contributed by atoms with Gasteiger partial charge in [-0.1, -0.05) is 6.42 Å². The molecular weight excluding hydrogens is 253 g/mol. The van der Waals surface area contributed by atoms with Crippen LogP contribution in [-0.4, -0.2) is 30.8 Å². The number of halogens is 3. The van der Waals surface area contributed by atoms with E-state index in [4.69, 9.17) is 4.74 Å². The zero-order valence-electron chi connectivity index (χ0n) is 9.76. The fourth-order valence-corrected chi connectivity index (χ4v) is 2.29. The highest BCUT2D eigenvalue weighted by Crippen LogP contribution is 2.40. The Morgan fingerprint density at radius 3 is 2.71 bits per heavy atom. The molecule has 0 saturated heterocycles. The maximum atomic E-state index is 12.5. The van der Waals surface area contributed by atoms with E-state index >= 15 is 0 Å². The zero-order valence-corrected chi connectivity index (χ0v) is 10.6. The molecule has 1 rings (SSSR count). The van der Waals surface area contributed by atoms with Crippen molar-refractivity contribution in [1.82, 2.24) is 0 Å². The van der Waals surface area contributed by atoms with E-state index in [-0.39, 0.29) is 19.4 Å². The van der Waals surface area contributed by atoms with Crippen molar-refractivity contribution in [1.29, 1.82) is 0 Å². The molecule has 0 heterocycles. The van der Waals surface area contributed by atoms with Crippen molar-refractivity contribution in [3.63, 3.8) is 0 Å². The predicted molar refractivity (Wildman–Crippen MR) is 60.8 cm³/mol. The van der Waals surface area contributed by atoms with Gasteiger partial charge in [0.05, 0.1) is 11.8 Å². The van der Waals surface area contributed by atoms with Gasteiger partial charge in [-0.05, 0) is 25.5 Å². The lowest BCUT2D eigenvalue weighted by Gasteiger charge is -2.29. The molecule has 2 unspecified atom stereocenters. The number of alkyl halides is 3. The number of carbonyl (C=O) groups is 1. The van der Waals surface area contributed by atoms with Crippen molar-refractivity contribution < 1.29 is 22.7 Å². The molecule has 6 heteroatoms. The molecule has 0 aromatic heterocycles. The van der Waals surface area contributed by atoms with Crippen LogP contribution < -0.4 is 0 Å². The molecule has 0 bridgehead atoms. The predicted octanol–water partition coefficient (Wildman–Crippen LogP) is 3.26. The van der Waals surface area contributed by atoms with Crippen molar-refractivity contribution in [2.24, 2.45) is 11.8 Å². The van der Waals surface area contributed by atoms with Gasteiger partial charge in [-0.25, -0.2) is 0 Å². The van der Waals surface area contributed by atoms with E-state index in [9.17, 15) is 18.0 Å². The summed E-state index contributed by atoms with van der Waals surface area (Å²) >= 11 is 1.54. The molecule has 1 saturated carbocycles. The van der Waals surface area contributed by atoms with Crippen molar-refractivity contribution in [2.45, 2.75) is 31.9 Å². The summed E-state index contributed by atoms with van der Waals surface area (Å²) in [6.45, 7) is 0.285. The molecule has 1 fully saturated rings. The summed E-state index contributed by atoms with van der Waals surface area (Å²) in [5.74, 6) is -1.69. The molecule has 0 N–H and O–H groups in total. The Hall–Kier alpha value is -0.390. The summed E-state index contributed by atoms with van der Waals surface area (Å²) in [6, 6.07) is 0. The lowest BCUT2D eigenvalue weighted by Crippen LogP contribution is -2.32. The first-order chi connectivity index (χ1) is 7.95. The Morgan fingerprint density at radius 1 is 1.41 bits per heavy atom. The molecule has 0 radical (unpaired) electrons. The summed E-state index contributed by atoms with van der Waals surface area (Å²) in [5, 5.41) is 0. The average Bonchev–Trinajstić information content (AvgIpc) is 2.28. The summed E-state index contributed by atoms with van der Waals surface area (Å²) in [5.41, 5.74) is 0. The summed E-state index contributed by atoms with van der Waals surface area (Å²) in [7, 11) is 0. The number of thioether (sulfide) groups is 1. The van der Waals surface area contributed by atoms with Gasteiger partial charge in [0.15, 0.2) is 0 Å². The second kappa shape index (κ2) is 6.52. The summed E-state index contributed by atoms with van der Waals surface area (Å²) < 4.78 is 42.5. The van der Waals surface area contributed by atoms with Crippen LogP contribution in [-0.2, 0) is 9.53 Å². The van der Waals surface area contributed by atoms with Crippen LogP contribution in [0.15, 0.2) is 0 Å². The quantitative estimate of drug-likeness (QED) is 0.579. The SMILES string of the molecule is CSCCOC(=O)C1CCCC(C(F)(F)F)C1. The van der Waals surface area contributed by atoms with E-state index in [2.05, 4.69) is 0 Å². The van der Waals surface area contributed by atoms with Crippen LogP contribution in [0.2, 0.25) is 0 Å². The largest absolute Gasteiger partial charge is 0.465 e. The van der Waals surface area contributed by atoms with Gasteiger partial charge >= 0.3 is 12.1 Å². The van der Waals surface area contributed by atoms with Gasteiger partial charge in [0.1, 0.15) is 6.61 Å². The van der Waals surface area contributed by atoms with Crippen molar-refractivity contribution in [3.05, 3.63) is 0 Å². The number of rotatable bonds is 4. The van der Waals surface area contributed by atoms with Gasteiger partial charge in [-0.15, -0.1) is 0 Å². The number of hydrogen-bond donors (Lipinski definition) is 0. The maximum Gasteiger partial charge on any atom is 0.391 e. The molecule has 0 aliphatic heterocycles. The molecule has 1 aliphatic rings. The molecule has 1 aliphatic carbocycles. The van der Waals surface area contributed by atoms with Crippen LogP contribution in [0.5, 0.6) is 0 Å². The molecule has 2 nitrogen and oxygen atoms in total. The van der Waals surface area contributed by atoms with E-state index in [1.54, 1.807) is 0 Å². The molecule has 100 valence electrons. The molecule has 0 amide bonds. The van der Waals surface area contributed by atoms with Gasteiger partial charge in [-0.3, -0.25) is 4.79 Å². The Kier molecular flexibility index (Phi) is 5.62. The van der Waals surface area contributed by atoms with E-state index < -0.39 is 24.0 Å². The zero-order chi connectivity index (χ0) is 12.9. The summed E-state index contributed by atoms with van der Waals surface area (Å²) in [4.78, 5) is 11.5. The van der Waals surface area contributed by atoms with Crippen molar-refractivity contribution in [2.75, 3.05) is 18.6 Å². The fourth-order valence-electron chi connectivity index (χ4n) is 2.04. The summed E-state index contributed by atoms with van der Waals surface area (Å²) in [6.07, 6.45) is -1.30. The minimum Gasteiger partial charge on any atom is -0.465 e. The monoisotopic (exact) mass is 270 g/mol. The van der Waals surface area contributed by atoms with Gasteiger partial charge in [0.25, 0.3) is 0 Å². The second-order valence-electron chi connectivity index (χ2n) is 4.26. The standard InChI is InChI=1S/C11H17F3O2S/c1-17-6-5-16-10(15)8-3-2-4-9(7-8)11(12,13)14/h8-9H,2-7H2,1H3. The Labute approximate surface area is 103 Å². The van der Waals surface area contributed by atoms with Crippen LogP contribution in [0.25, 0.3) is 0 Å². The first-order valence-electron chi connectivity index (χ1n) is 5.67. The number of hydrogen-bond acceptors (Lipinski definition) is 3. The Bertz CT molecular complexity index is 256. The first-order valence-corrected chi connectivity index (χ1v) is 7.06. The molecule has 0 spiro atoms. The van der Waals surface area contributed by atoms with Crippen molar-refractivity contribution in [3.8, 4) is 0 Å². The average molecular weight is 270 g/mol. The van der Waals surface area contributed by atoms with Crippen LogP contribution in [0.3, 0.4) is 0 Å². The molecule has 0 aromatic rings. The van der Waals surface area contributed by atoms with Gasteiger partial charge < -0.3 is 4.74 Å². The Balaban J connectivity index is 2.41. The minimum atomic E-state index is -4.18. The third-order valence-corrected chi connectivity index (χ3v) is 3.58. The molecule has 0 aromatic carbocycles. The first kappa shape index (κ1) is 14.7. The minimum absolute atomic E-state index is 0.110. The van der Waals surface area contributed by atoms with Gasteiger partial charge in [0, 0.05) is 5.75 Å². The molecule has 17 heavy (non-hydrogen) atoms.